The molecule has 0 radical (unpaired) electrons. The predicted octanol–water partition coefficient (Wildman–Crippen LogP) is 7.86. The van der Waals surface area contributed by atoms with Crippen LogP contribution in [0.5, 0.6) is 0 Å². The number of halogens is 1. The fourth-order valence-electron chi connectivity index (χ4n) is 5.57. The first-order valence-electron chi connectivity index (χ1n) is 12.7. The van der Waals surface area contributed by atoms with E-state index in [4.69, 9.17) is 11.6 Å². The number of hydrogen-bond acceptors (Lipinski definition) is 1. The molecule has 0 N–H and O–H groups in total. The molecule has 1 atom stereocenters. The minimum Gasteiger partial charge on any atom is -0.334 e. The van der Waals surface area contributed by atoms with E-state index in [2.05, 4.69) is 71.6 Å². The quantitative estimate of drug-likeness (QED) is 0.305. The fourth-order valence-corrected chi connectivity index (χ4v) is 5.74. The highest BCUT2D eigenvalue weighted by Gasteiger charge is 2.37. The number of aromatic nitrogens is 1. The van der Waals surface area contributed by atoms with Gasteiger partial charge in [0, 0.05) is 34.0 Å². The Morgan fingerprint density at radius 1 is 1.12 bits per heavy atom. The maximum absolute atomic E-state index is 13.8. The molecule has 0 spiro atoms. The van der Waals surface area contributed by atoms with Crippen molar-refractivity contribution in [3.8, 4) is 23.0 Å². The Bertz CT molecular complexity index is 1200. The Balaban J connectivity index is 1.92. The molecule has 2 aromatic carbocycles. The number of carbonyl (C=O) groups excluding carboxylic acids is 1. The highest BCUT2D eigenvalue weighted by atomic mass is 35.5. The highest BCUT2D eigenvalue weighted by molar-refractivity contribution is 6.31. The lowest BCUT2D eigenvalue weighted by molar-refractivity contribution is -0.137. The molecule has 4 heteroatoms. The van der Waals surface area contributed by atoms with Crippen LogP contribution in [0.15, 0.2) is 48.5 Å². The zero-order chi connectivity index (χ0) is 24.1. The van der Waals surface area contributed by atoms with E-state index in [1.54, 1.807) is 0 Å². The summed E-state index contributed by atoms with van der Waals surface area (Å²) in [6.07, 6.45) is 5.99. The average molecular weight is 475 g/mol. The highest BCUT2D eigenvalue weighted by Crippen LogP contribution is 2.44. The van der Waals surface area contributed by atoms with Crippen LogP contribution in [0.1, 0.15) is 71.0 Å². The van der Waals surface area contributed by atoms with E-state index in [1.807, 2.05) is 19.1 Å². The van der Waals surface area contributed by atoms with Gasteiger partial charge >= 0.3 is 0 Å². The third-order valence-corrected chi connectivity index (χ3v) is 7.25. The van der Waals surface area contributed by atoms with Gasteiger partial charge in [0.1, 0.15) is 0 Å². The van der Waals surface area contributed by atoms with Crippen LogP contribution in [0, 0.1) is 17.8 Å². The number of fused-ring (bicyclic) bond motifs is 1. The number of nitrogens with zero attached hydrogens (tertiary/aromatic N) is 2. The van der Waals surface area contributed by atoms with Crippen LogP contribution in [0.4, 0.5) is 0 Å². The van der Waals surface area contributed by atoms with Crippen molar-refractivity contribution in [3.63, 3.8) is 0 Å². The third kappa shape index (κ3) is 4.75. The lowest BCUT2D eigenvalue weighted by atomic mass is 9.94. The molecule has 1 aliphatic heterocycles. The summed E-state index contributed by atoms with van der Waals surface area (Å²) < 4.78 is 2.33. The second kappa shape index (κ2) is 11.2. The maximum atomic E-state index is 13.8. The van der Waals surface area contributed by atoms with E-state index in [9.17, 15) is 4.79 Å². The molecule has 0 saturated carbocycles. The molecule has 3 nitrogen and oxygen atoms in total. The molecular formula is C30H35ClN2O. The number of amides is 1. The lowest BCUT2D eigenvalue weighted by Gasteiger charge is -2.30. The van der Waals surface area contributed by atoms with Gasteiger partial charge in [-0.15, -0.1) is 5.92 Å². The zero-order valence-electron chi connectivity index (χ0n) is 20.6. The minimum atomic E-state index is 0.0451. The molecule has 178 valence electrons. The van der Waals surface area contributed by atoms with Crippen LogP contribution in [0.2, 0.25) is 5.02 Å². The summed E-state index contributed by atoms with van der Waals surface area (Å²) >= 11 is 6.49. The van der Waals surface area contributed by atoms with Gasteiger partial charge in [0.15, 0.2) is 0 Å². The van der Waals surface area contributed by atoms with Crippen LogP contribution < -0.4 is 0 Å². The Labute approximate surface area is 209 Å². The number of carbonyl (C=O) groups is 1. The molecule has 1 amide bonds. The van der Waals surface area contributed by atoms with Gasteiger partial charge in [-0.25, -0.2) is 0 Å². The molecule has 3 aromatic rings. The molecule has 0 aliphatic carbocycles. The Morgan fingerprint density at radius 2 is 1.85 bits per heavy atom. The predicted molar refractivity (Wildman–Crippen MR) is 143 cm³/mol. The van der Waals surface area contributed by atoms with Gasteiger partial charge in [-0.2, -0.15) is 0 Å². The molecule has 1 saturated heterocycles. The molecule has 1 aliphatic rings. The van der Waals surface area contributed by atoms with Crippen molar-refractivity contribution in [1.82, 2.24) is 9.47 Å². The molecular weight excluding hydrogens is 440 g/mol. The van der Waals surface area contributed by atoms with Crippen LogP contribution in [0.3, 0.4) is 0 Å². The van der Waals surface area contributed by atoms with E-state index in [1.165, 1.54) is 11.3 Å². The summed E-state index contributed by atoms with van der Waals surface area (Å²) in [6.45, 7) is 7.66. The number of benzene rings is 2. The summed E-state index contributed by atoms with van der Waals surface area (Å²) in [5.74, 6) is 6.78. The molecule has 1 unspecified atom stereocenters. The van der Waals surface area contributed by atoms with E-state index in [0.29, 0.717) is 12.5 Å². The van der Waals surface area contributed by atoms with Crippen molar-refractivity contribution >= 4 is 28.4 Å². The van der Waals surface area contributed by atoms with E-state index < -0.39 is 0 Å². The van der Waals surface area contributed by atoms with Gasteiger partial charge in [-0.1, -0.05) is 74.5 Å². The minimum absolute atomic E-state index is 0.0451. The van der Waals surface area contributed by atoms with Crippen molar-refractivity contribution in [2.75, 3.05) is 6.54 Å². The van der Waals surface area contributed by atoms with Crippen molar-refractivity contribution in [3.05, 3.63) is 59.2 Å². The van der Waals surface area contributed by atoms with E-state index >= 15 is 0 Å². The largest absolute Gasteiger partial charge is 0.334 e. The van der Waals surface area contributed by atoms with Gasteiger partial charge in [-0.3, -0.25) is 4.79 Å². The van der Waals surface area contributed by atoms with E-state index in [0.717, 1.165) is 66.6 Å². The van der Waals surface area contributed by atoms with Crippen molar-refractivity contribution in [2.45, 2.75) is 71.9 Å². The van der Waals surface area contributed by atoms with Gasteiger partial charge < -0.3 is 9.47 Å². The summed E-state index contributed by atoms with van der Waals surface area (Å²) in [6, 6.07) is 16.7. The molecule has 1 fully saturated rings. The van der Waals surface area contributed by atoms with Crippen LogP contribution in [0.25, 0.3) is 22.0 Å². The standard InChI is InChI=1S/C30H35ClN2O/c1-4-7-19-32-26-18-17-24(31)21-25(26)28(22-14-9-8-10-15-22)29(32)27-16-11-20-33(27)30(34)23(12-5-2)13-6-3/h8-10,14-15,17-18,21,23,27H,5-6,11-13,16,19-20H2,1-3H3. The first kappa shape index (κ1) is 24.4. The van der Waals surface area contributed by atoms with E-state index in [-0.39, 0.29) is 12.0 Å². The lowest BCUT2D eigenvalue weighted by Crippen LogP contribution is -2.36. The molecule has 1 aromatic heterocycles. The molecule has 34 heavy (non-hydrogen) atoms. The Morgan fingerprint density at radius 3 is 2.53 bits per heavy atom. The summed E-state index contributed by atoms with van der Waals surface area (Å²) in [7, 11) is 0. The van der Waals surface area contributed by atoms with Crippen LogP contribution in [-0.4, -0.2) is 21.9 Å². The second-order valence-corrected chi connectivity index (χ2v) is 9.70. The maximum Gasteiger partial charge on any atom is 0.226 e. The SMILES string of the molecule is CC#CCn1c(C2CCCN2C(=O)C(CCC)CCC)c(-c2ccccc2)c2cc(Cl)ccc21. The van der Waals surface area contributed by atoms with Crippen molar-refractivity contribution in [1.29, 1.82) is 0 Å². The van der Waals surface area contributed by atoms with Gasteiger partial charge in [0.05, 0.1) is 18.3 Å². The molecule has 4 rings (SSSR count). The first-order chi connectivity index (χ1) is 16.6. The Hall–Kier alpha value is -2.70. The normalized spacial score (nSPS) is 15.7. The monoisotopic (exact) mass is 474 g/mol. The summed E-state index contributed by atoms with van der Waals surface area (Å²) in [5, 5.41) is 1.85. The number of likely N-dealkylation sites (tertiary alicyclic amines) is 1. The zero-order valence-corrected chi connectivity index (χ0v) is 21.4. The third-order valence-electron chi connectivity index (χ3n) is 7.02. The average Bonchev–Trinajstić information content (AvgIpc) is 3.45. The molecule has 2 heterocycles. The topological polar surface area (TPSA) is 25.2 Å². The number of rotatable bonds is 8. The van der Waals surface area contributed by atoms with Crippen LogP contribution in [-0.2, 0) is 11.3 Å². The van der Waals surface area contributed by atoms with Crippen molar-refractivity contribution in [2.24, 2.45) is 5.92 Å². The Kier molecular flexibility index (Phi) is 8.01. The van der Waals surface area contributed by atoms with Gasteiger partial charge in [0.2, 0.25) is 5.91 Å². The summed E-state index contributed by atoms with van der Waals surface area (Å²) in [5.41, 5.74) is 4.66. The second-order valence-electron chi connectivity index (χ2n) is 9.26. The smallest absolute Gasteiger partial charge is 0.226 e. The number of hydrogen-bond donors (Lipinski definition) is 0. The van der Waals surface area contributed by atoms with Gasteiger partial charge in [0.25, 0.3) is 0 Å². The van der Waals surface area contributed by atoms with Crippen LogP contribution >= 0.6 is 11.6 Å². The van der Waals surface area contributed by atoms with Gasteiger partial charge in [-0.05, 0) is 56.4 Å². The summed E-state index contributed by atoms with van der Waals surface area (Å²) in [4.78, 5) is 16.0. The molecule has 0 bridgehead atoms. The van der Waals surface area contributed by atoms with Crippen molar-refractivity contribution < 1.29 is 4.79 Å². The first-order valence-corrected chi connectivity index (χ1v) is 13.1. The fraction of sp³-hybridized carbons (Fsp3) is 0.433.